The van der Waals surface area contributed by atoms with E-state index in [0.717, 1.165) is 0 Å². The molecule has 0 saturated carbocycles. The lowest BCUT2D eigenvalue weighted by Crippen LogP contribution is -2.28. The van der Waals surface area contributed by atoms with Crippen molar-refractivity contribution in [1.82, 2.24) is 5.32 Å². The third-order valence-electron chi connectivity index (χ3n) is 3.89. The van der Waals surface area contributed by atoms with Gasteiger partial charge < -0.3 is 19.2 Å². The van der Waals surface area contributed by atoms with Crippen LogP contribution in [0.15, 0.2) is 76.2 Å². The van der Waals surface area contributed by atoms with E-state index >= 15 is 0 Å². The van der Waals surface area contributed by atoms with Crippen molar-refractivity contribution in [2.24, 2.45) is 0 Å². The van der Waals surface area contributed by atoms with Gasteiger partial charge in [-0.2, -0.15) is 0 Å². The number of methoxy groups -OCH3 is 1. The lowest BCUT2D eigenvalue weighted by atomic mass is 10.3. The maximum Gasteiger partial charge on any atom is 0.261 e. The molecule has 0 radical (unpaired) electrons. The Balaban J connectivity index is 1.53. The monoisotopic (exact) mass is 416 g/mol. The first kappa shape index (κ1) is 20.3. The fourth-order valence-corrected chi connectivity index (χ4v) is 3.45. The van der Waals surface area contributed by atoms with Crippen LogP contribution in [0.25, 0.3) is 0 Å². The van der Waals surface area contributed by atoms with Crippen LogP contribution >= 0.6 is 0 Å². The van der Waals surface area contributed by atoms with Crippen molar-refractivity contribution in [3.05, 3.63) is 72.7 Å². The molecule has 3 aromatic rings. The summed E-state index contributed by atoms with van der Waals surface area (Å²) in [6, 6.07) is 15.8. The topological polar surface area (TPSA) is 107 Å². The van der Waals surface area contributed by atoms with Crippen molar-refractivity contribution in [2.45, 2.75) is 11.4 Å². The number of hydrogen-bond donors (Lipinski definition) is 2. The molecule has 0 aliphatic carbocycles. The Kier molecular flexibility index (Phi) is 6.40. The van der Waals surface area contributed by atoms with Gasteiger partial charge in [0.15, 0.2) is 6.61 Å². The minimum Gasteiger partial charge on any atom is -0.497 e. The van der Waals surface area contributed by atoms with Crippen LogP contribution in [0.4, 0.5) is 5.69 Å². The van der Waals surface area contributed by atoms with Gasteiger partial charge in [-0.15, -0.1) is 0 Å². The predicted molar refractivity (Wildman–Crippen MR) is 106 cm³/mol. The number of anilines is 1. The van der Waals surface area contributed by atoms with E-state index in [-0.39, 0.29) is 24.0 Å². The molecule has 0 spiro atoms. The smallest absolute Gasteiger partial charge is 0.261 e. The number of rotatable bonds is 9. The molecule has 9 heteroatoms. The molecular formula is C20H20N2O6S. The zero-order valence-corrected chi connectivity index (χ0v) is 16.4. The molecule has 1 heterocycles. The third-order valence-corrected chi connectivity index (χ3v) is 5.28. The Morgan fingerprint density at radius 3 is 2.31 bits per heavy atom. The summed E-state index contributed by atoms with van der Waals surface area (Å²) in [6.45, 7) is 0.0698. The van der Waals surface area contributed by atoms with Crippen LogP contribution in [0.1, 0.15) is 5.76 Å². The zero-order chi connectivity index (χ0) is 20.7. The molecule has 1 amide bonds. The number of benzene rings is 2. The molecule has 3 rings (SSSR count). The number of carbonyl (C=O) groups is 1. The van der Waals surface area contributed by atoms with Gasteiger partial charge in [-0.05, 0) is 60.7 Å². The molecule has 0 aliphatic heterocycles. The summed E-state index contributed by atoms with van der Waals surface area (Å²) in [4.78, 5) is 11.9. The zero-order valence-electron chi connectivity index (χ0n) is 15.6. The van der Waals surface area contributed by atoms with E-state index in [9.17, 15) is 13.2 Å². The van der Waals surface area contributed by atoms with Crippen molar-refractivity contribution in [3.63, 3.8) is 0 Å². The van der Waals surface area contributed by atoms with E-state index in [2.05, 4.69) is 10.0 Å². The van der Waals surface area contributed by atoms with Crippen LogP contribution in [-0.4, -0.2) is 28.0 Å². The van der Waals surface area contributed by atoms with Crippen LogP contribution < -0.4 is 19.5 Å². The van der Waals surface area contributed by atoms with Crippen molar-refractivity contribution in [1.29, 1.82) is 0 Å². The highest BCUT2D eigenvalue weighted by Gasteiger charge is 2.14. The summed E-state index contributed by atoms with van der Waals surface area (Å²) >= 11 is 0. The third kappa shape index (κ3) is 5.76. The molecule has 0 fully saturated rings. The molecule has 0 unspecified atom stereocenters. The number of sulfonamides is 1. The Bertz CT molecular complexity index is 1030. The number of furan rings is 1. The predicted octanol–water partition coefficient (Wildman–Crippen LogP) is 2.78. The minimum absolute atomic E-state index is 0.0722. The Hall–Kier alpha value is -3.46. The van der Waals surface area contributed by atoms with Crippen LogP contribution in [0.2, 0.25) is 0 Å². The first-order valence-electron chi connectivity index (χ1n) is 8.65. The molecule has 2 aromatic carbocycles. The summed E-state index contributed by atoms with van der Waals surface area (Å²) in [7, 11) is -2.22. The normalized spacial score (nSPS) is 10.9. The lowest BCUT2D eigenvalue weighted by molar-refractivity contribution is -0.123. The fraction of sp³-hybridized carbons (Fsp3) is 0.150. The maximum absolute atomic E-state index is 12.5. The van der Waals surface area contributed by atoms with Gasteiger partial charge in [0, 0.05) is 5.69 Å². The van der Waals surface area contributed by atoms with Gasteiger partial charge in [0.25, 0.3) is 15.9 Å². The number of amides is 1. The summed E-state index contributed by atoms with van der Waals surface area (Å²) < 4.78 is 43.0. The minimum atomic E-state index is -3.75. The second-order valence-electron chi connectivity index (χ2n) is 5.95. The number of carbonyl (C=O) groups excluding carboxylic acids is 1. The first-order valence-corrected chi connectivity index (χ1v) is 10.1. The molecule has 2 N–H and O–H groups in total. The number of ether oxygens (including phenoxy) is 2. The van der Waals surface area contributed by atoms with Crippen LogP contribution in [0, 0.1) is 0 Å². The van der Waals surface area contributed by atoms with Crippen molar-refractivity contribution in [3.8, 4) is 11.5 Å². The van der Waals surface area contributed by atoms with Gasteiger partial charge in [0.05, 0.1) is 24.8 Å². The van der Waals surface area contributed by atoms with E-state index in [4.69, 9.17) is 13.9 Å². The van der Waals surface area contributed by atoms with Gasteiger partial charge in [-0.25, -0.2) is 8.42 Å². The van der Waals surface area contributed by atoms with Gasteiger partial charge in [0.2, 0.25) is 0 Å². The van der Waals surface area contributed by atoms with E-state index < -0.39 is 10.0 Å². The van der Waals surface area contributed by atoms with Crippen molar-refractivity contribution < 1.29 is 27.1 Å². The van der Waals surface area contributed by atoms with Crippen molar-refractivity contribution in [2.75, 3.05) is 18.4 Å². The Labute approximate surface area is 168 Å². The summed E-state index contributed by atoms with van der Waals surface area (Å²) in [6.07, 6.45) is 1.52. The molecule has 0 saturated heterocycles. The van der Waals surface area contributed by atoms with E-state index in [1.165, 1.54) is 37.6 Å². The average Bonchev–Trinajstić information content (AvgIpc) is 3.25. The second kappa shape index (κ2) is 9.16. The molecule has 0 bridgehead atoms. The summed E-state index contributed by atoms with van der Waals surface area (Å²) in [5.74, 6) is 1.32. The van der Waals surface area contributed by atoms with Gasteiger partial charge in [0.1, 0.15) is 17.3 Å². The molecule has 0 aliphatic rings. The summed E-state index contributed by atoms with van der Waals surface area (Å²) in [5.41, 5.74) is 0.416. The second-order valence-corrected chi connectivity index (χ2v) is 7.63. The van der Waals surface area contributed by atoms with Crippen LogP contribution in [-0.2, 0) is 21.4 Å². The fourth-order valence-electron chi connectivity index (χ4n) is 2.39. The van der Waals surface area contributed by atoms with E-state index in [0.29, 0.717) is 22.9 Å². The SMILES string of the molecule is COc1ccc(NS(=O)(=O)c2ccc(OCC(=O)NCc3ccco3)cc2)cc1. The van der Waals surface area contributed by atoms with E-state index in [1.54, 1.807) is 36.4 Å². The average molecular weight is 416 g/mol. The molecule has 0 atom stereocenters. The van der Waals surface area contributed by atoms with Gasteiger partial charge in [-0.1, -0.05) is 0 Å². The molecule has 152 valence electrons. The quantitative estimate of drug-likeness (QED) is 0.556. The highest BCUT2D eigenvalue weighted by molar-refractivity contribution is 7.92. The lowest BCUT2D eigenvalue weighted by Gasteiger charge is -2.10. The number of hydrogen-bond acceptors (Lipinski definition) is 6. The Morgan fingerprint density at radius 1 is 1.00 bits per heavy atom. The maximum atomic E-state index is 12.5. The number of nitrogens with one attached hydrogen (secondary N) is 2. The van der Waals surface area contributed by atoms with Gasteiger partial charge in [-0.3, -0.25) is 9.52 Å². The molecule has 29 heavy (non-hydrogen) atoms. The highest BCUT2D eigenvalue weighted by Crippen LogP contribution is 2.21. The highest BCUT2D eigenvalue weighted by atomic mass is 32.2. The van der Waals surface area contributed by atoms with Crippen LogP contribution in [0.3, 0.4) is 0 Å². The largest absolute Gasteiger partial charge is 0.497 e. The molecule has 8 nitrogen and oxygen atoms in total. The Morgan fingerprint density at radius 2 is 1.69 bits per heavy atom. The standard InChI is InChI=1S/C20H20N2O6S/c1-26-16-6-4-15(5-7-16)22-29(24,25)19-10-8-17(9-11-19)28-14-20(23)21-13-18-3-2-12-27-18/h2-12,22H,13-14H2,1H3,(H,21,23). The molecule has 1 aromatic heterocycles. The summed E-state index contributed by atoms with van der Waals surface area (Å²) in [5, 5.41) is 2.65. The van der Waals surface area contributed by atoms with Crippen LogP contribution in [0.5, 0.6) is 11.5 Å². The first-order chi connectivity index (χ1) is 14.0. The van der Waals surface area contributed by atoms with E-state index in [1.807, 2.05) is 0 Å². The van der Waals surface area contributed by atoms with Crippen molar-refractivity contribution >= 4 is 21.6 Å². The van der Waals surface area contributed by atoms with Gasteiger partial charge >= 0.3 is 0 Å². The molecular weight excluding hydrogens is 396 g/mol.